The number of anilines is 1. The lowest BCUT2D eigenvalue weighted by Gasteiger charge is -2.22. The third kappa shape index (κ3) is 2.74. The Morgan fingerprint density at radius 2 is 2.25 bits per heavy atom. The second-order valence-electron chi connectivity index (χ2n) is 5.73. The van der Waals surface area contributed by atoms with Crippen molar-refractivity contribution in [3.05, 3.63) is 28.7 Å². The normalized spacial score (nSPS) is 25.9. The molecule has 1 N–H and O–H groups in total. The van der Waals surface area contributed by atoms with Gasteiger partial charge in [0.25, 0.3) is 5.56 Å². The largest absolute Gasteiger partial charge is 0.383 e. The highest BCUT2D eigenvalue weighted by atomic mass is 16.5. The van der Waals surface area contributed by atoms with Gasteiger partial charge in [0, 0.05) is 44.5 Å². The molecule has 5 nitrogen and oxygen atoms in total. The van der Waals surface area contributed by atoms with Crippen molar-refractivity contribution in [3.8, 4) is 0 Å². The minimum Gasteiger partial charge on any atom is -0.383 e. The zero-order valence-corrected chi connectivity index (χ0v) is 12.0. The Kier molecular flexibility index (Phi) is 4.08. The maximum atomic E-state index is 11.8. The zero-order chi connectivity index (χ0) is 13.9. The Hall–Kier alpha value is -1.33. The third-order valence-corrected chi connectivity index (χ3v) is 4.48. The predicted octanol–water partition coefficient (Wildman–Crippen LogP) is 1.14. The first-order chi connectivity index (χ1) is 9.78. The van der Waals surface area contributed by atoms with E-state index in [1.807, 2.05) is 12.3 Å². The summed E-state index contributed by atoms with van der Waals surface area (Å²) in [4.78, 5) is 14.4. The summed E-state index contributed by atoms with van der Waals surface area (Å²) >= 11 is 0. The van der Waals surface area contributed by atoms with Crippen molar-refractivity contribution >= 4 is 5.69 Å². The SMILES string of the molecule is COCCn1cc(NC2CCN3CCCC23)ccc1=O. The standard InChI is InChI=1S/C15H23N3O2/c1-20-10-9-18-11-12(4-5-15(18)19)16-13-6-8-17-7-2-3-14(13)17/h4-5,11,13-14,16H,2-3,6-10H2,1H3. The number of methoxy groups -OCH3 is 1. The minimum atomic E-state index is 0.0292. The highest BCUT2D eigenvalue weighted by Gasteiger charge is 2.36. The Bertz CT molecular complexity index is 514. The summed E-state index contributed by atoms with van der Waals surface area (Å²) in [6.45, 7) is 3.61. The molecular formula is C15H23N3O2. The molecule has 20 heavy (non-hydrogen) atoms. The minimum absolute atomic E-state index is 0.0292. The first-order valence-electron chi connectivity index (χ1n) is 7.48. The van der Waals surface area contributed by atoms with Crippen LogP contribution in [0.3, 0.4) is 0 Å². The summed E-state index contributed by atoms with van der Waals surface area (Å²) in [6, 6.07) is 4.73. The summed E-state index contributed by atoms with van der Waals surface area (Å²) in [5, 5.41) is 3.61. The number of nitrogens with one attached hydrogen (secondary N) is 1. The monoisotopic (exact) mass is 277 g/mol. The van der Waals surface area contributed by atoms with E-state index >= 15 is 0 Å². The molecule has 1 aromatic rings. The Morgan fingerprint density at radius 1 is 1.35 bits per heavy atom. The van der Waals surface area contributed by atoms with Crippen LogP contribution in [0.4, 0.5) is 5.69 Å². The van der Waals surface area contributed by atoms with E-state index in [1.54, 1.807) is 17.7 Å². The molecule has 0 bridgehead atoms. The average Bonchev–Trinajstić information content (AvgIpc) is 3.04. The molecule has 3 rings (SSSR count). The fraction of sp³-hybridized carbons (Fsp3) is 0.667. The molecular weight excluding hydrogens is 254 g/mol. The molecule has 110 valence electrons. The van der Waals surface area contributed by atoms with Crippen molar-refractivity contribution in [2.45, 2.75) is 37.9 Å². The van der Waals surface area contributed by atoms with Gasteiger partial charge in [0.05, 0.1) is 12.3 Å². The number of fused-ring (bicyclic) bond motifs is 1. The Labute approximate surface area is 119 Å². The van der Waals surface area contributed by atoms with Crippen LogP contribution in [-0.4, -0.2) is 48.4 Å². The van der Waals surface area contributed by atoms with E-state index in [9.17, 15) is 4.79 Å². The van der Waals surface area contributed by atoms with Crippen LogP contribution in [0.1, 0.15) is 19.3 Å². The second-order valence-corrected chi connectivity index (χ2v) is 5.73. The van der Waals surface area contributed by atoms with E-state index in [-0.39, 0.29) is 5.56 Å². The van der Waals surface area contributed by atoms with Crippen molar-refractivity contribution in [1.29, 1.82) is 0 Å². The summed E-state index contributed by atoms with van der Waals surface area (Å²) < 4.78 is 6.76. The summed E-state index contributed by atoms with van der Waals surface area (Å²) in [6.07, 6.45) is 5.72. The number of pyridine rings is 1. The van der Waals surface area contributed by atoms with Gasteiger partial charge in [0.1, 0.15) is 0 Å². The molecule has 2 aliphatic rings. The van der Waals surface area contributed by atoms with E-state index in [2.05, 4.69) is 10.2 Å². The fourth-order valence-corrected chi connectivity index (χ4v) is 3.45. The lowest BCUT2D eigenvalue weighted by atomic mass is 10.1. The van der Waals surface area contributed by atoms with Crippen LogP contribution in [-0.2, 0) is 11.3 Å². The van der Waals surface area contributed by atoms with Crippen molar-refractivity contribution in [2.24, 2.45) is 0 Å². The number of rotatable bonds is 5. The van der Waals surface area contributed by atoms with Crippen molar-refractivity contribution in [1.82, 2.24) is 9.47 Å². The van der Waals surface area contributed by atoms with Crippen molar-refractivity contribution in [3.63, 3.8) is 0 Å². The molecule has 0 aromatic carbocycles. The van der Waals surface area contributed by atoms with Gasteiger partial charge in [-0.25, -0.2) is 0 Å². The highest BCUT2D eigenvalue weighted by molar-refractivity contribution is 5.42. The number of hydrogen-bond donors (Lipinski definition) is 1. The van der Waals surface area contributed by atoms with Crippen LogP contribution in [0, 0.1) is 0 Å². The molecule has 2 aliphatic heterocycles. The molecule has 2 unspecified atom stereocenters. The third-order valence-electron chi connectivity index (χ3n) is 4.48. The maximum Gasteiger partial charge on any atom is 0.250 e. The lowest BCUT2D eigenvalue weighted by molar-refractivity contribution is 0.186. The van der Waals surface area contributed by atoms with E-state index in [0.717, 1.165) is 5.69 Å². The van der Waals surface area contributed by atoms with Gasteiger partial charge in [-0.2, -0.15) is 0 Å². The van der Waals surface area contributed by atoms with E-state index in [4.69, 9.17) is 4.74 Å². The van der Waals surface area contributed by atoms with Crippen LogP contribution in [0.25, 0.3) is 0 Å². The molecule has 0 radical (unpaired) electrons. The van der Waals surface area contributed by atoms with E-state index in [1.165, 1.54) is 32.4 Å². The summed E-state index contributed by atoms with van der Waals surface area (Å²) in [5.41, 5.74) is 1.07. The average molecular weight is 277 g/mol. The topological polar surface area (TPSA) is 46.5 Å². The molecule has 2 fully saturated rings. The van der Waals surface area contributed by atoms with E-state index < -0.39 is 0 Å². The molecule has 0 saturated carbocycles. The smallest absolute Gasteiger partial charge is 0.250 e. The van der Waals surface area contributed by atoms with Gasteiger partial charge in [0.15, 0.2) is 0 Å². The van der Waals surface area contributed by atoms with Crippen LogP contribution in [0.15, 0.2) is 23.1 Å². The lowest BCUT2D eigenvalue weighted by Crippen LogP contribution is -2.34. The molecule has 1 aromatic heterocycles. The molecule has 0 aliphatic carbocycles. The molecule has 2 atom stereocenters. The number of hydrogen-bond acceptors (Lipinski definition) is 4. The van der Waals surface area contributed by atoms with Crippen LogP contribution in [0.2, 0.25) is 0 Å². The number of nitrogens with zero attached hydrogens (tertiary/aromatic N) is 2. The van der Waals surface area contributed by atoms with Gasteiger partial charge < -0.3 is 14.6 Å². The van der Waals surface area contributed by atoms with Gasteiger partial charge in [-0.05, 0) is 31.9 Å². The van der Waals surface area contributed by atoms with Gasteiger partial charge >= 0.3 is 0 Å². The summed E-state index contributed by atoms with van der Waals surface area (Å²) in [5.74, 6) is 0. The van der Waals surface area contributed by atoms with Gasteiger partial charge in [-0.15, -0.1) is 0 Å². The van der Waals surface area contributed by atoms with Gasteiger partial charge in [-0.1, -0.05) is 0 Å². The maximum absolute atomic E-state index is 11.8. The van der Waals surface area contributed by atoms with Crippen LogP contribution < -0.4 is 10.9 Å². The number of aromatic nitrogens is 1. The van der Waals surface area contributed by atoms with Crippen molar-refractivity contribution in [2.75, 3.05) is 32.1 Å². The molecule has 0 spiro atoms. The molecule has 3 heterocycles. The highest BCUT2D eigenvalue weighted by Crippen LogP contribution is 2.29. The molecule has 5 heteroatoms. The predicted molar refractivity (Wildman–Crippen MR) is 79.2 cm³/mol. The first-order valence-corrected chi connectivity index (χ1v) is 7.48. The van der Waals surface area contributed by atoms with Crippen molar-refractivity contribution < 1.29 is 4.74 Å². The zero-order valence-electron chi connectivity index (χ0n) is 12.0. The Balaban J connectivity index is 1.69. The fourth-order valence-electron chi connectivity index (χ4n) is 3.45. The van der Waals surface area contributed by atoms with Gasteiger partial charge in [0.2, 0.25) is 0 Å². The molecule has 0 amide bonds. The first kappa shape index (κ1) is 13.6. The van der Waals surface area contributed by atoms with Crippen LogP contribution >= 0.6 is 0 Å². The molecule has 2 saturated heterocycles. The van der Waals surface area contributed by atoms with E-state index in [0.29, 0.717) is 25.2 Å². The second kappa shape index (κ2) is 5.97. The number of ether oxygens (including phenoxy) is 1. The Morgan fingerprint density at radius 3 is 3.10 bits per heavy atom. The summed E-state index contributed by atoms with van der Waals surface area (Å²) in [7, 11) is 1.65. The van der Waals surface area contributed by atoms with Gasteiger partial charge in [-0.3, -0.25) is 9.69 Å². The quantitative estimate of drug-likeness (QED) is 0.877. The van der Waals surface area contributed by atoms with Crippen LogP contribution in [0.5, 0.6) is 0 Å².